The minimum atomic E-state index is -0.425. The first-order valence-electron chi connectivity index (χ1n) is 8.35. The number of nitrogens with zero attached hydrogens (tertiary/aromatic N) is 1. The van der Waals surface area contributed by atoms with Gasteiger partial charge in [-0.15, -0.1) is 11.8 Å². The Morgan fingerprint density at radius 1 is 0.846 bits per heavy atom. The lowest BCUT2D eigenvalue weighted by Crippen LogP contribution is -2.18. The van der Waals surface area contributed by atoms with Crippen LogP contribution in [0.2, 0.25) is 0 Å². The molecule has 0 spiro atoms. The Bertz CT molecular complexity index is 1000. The maximum absolute atomic E-state index is 10.7. The number of halogens is 2. The van der Waals surface area contributed by atoms with Crippen LogP contribution in [0.3, 0.4) is 0 Å². The van der Waals surface area contributed by atoms with Gasteiger partial charge in [-0.25, -0.2) is 0 Å². The second-order valence-corrected chi connectivity index (χ2v) is 9.14. The Labute approximate surface area is 173 Å². The SMILES string of the molecule is O[C@@H](CSc1ccccc1)Cn1c2ccc(Br)cc2c2cc(Br)ccc21. The molecule has 0 aliphatic carbocycles. The van der Waals surface area contributed by atoms with E-state index in [1.165, 1.54) is 15.7 Å². The van der Waals surface area contributed by atoms with E-state index in [4.69, 9.17) is 0 Å². The molecule has 5 heteroatoms. The van der Waals surface area contributed by atoms with Crippen molar-refractivity contribution in [3.05, 3.63) is 75.7 Å². The van der Waals surface area contributed by atoms with E-state index in [0.717, 1.165) is 20.0 Å². The molecule has 26 heavy (non-hydrogen) atoms. The van der Waals surface area contributed by atoms with Gasteiger partial charge in [-0.3, -0.25) is 0 Å². The Morgan fingerprint density at radius 2 is 1.42 bits per heavy atom. The lowest BCUT2D eigenvalue weighted by atomic mass is 10.2. The number of aliphatic hydroxyl groups is 1. The van der Waals surface area contributed by atoms with Gasteiger partial charge in [-0.2, -0.15) is 0 Å². The highest BCUT2D eigenvalue weighted by Gasteiger charge is 2.15. The summed E-state index contributed by atoms with van der Waals surface area (Å²) < 4.78 is 4.34. The van der Waals surface area contributed by atoms with Gasteiger partial charge in [0.1, 0.15) is 0 Å². The fraction of sp³-hybridized carbons (Fsp3) is 0.143. The Morgan fingerprint density at radius 3 is 2.00 bits per heavy atom. The van der Waals surface area contributed by atoms with Gasteiger partial charge in [0.15, 0.2) is 0 Å². The van der Waals surface area contributed by atoms with Crippen molar-refractivity contribution in [3.63, 3.8) is 0 Å². The van der Waals surface area contributed by atoms with E-state index in [0.29, 0.717) is 12.3 Å². The fourth-order valence-corrected chi connectivity index (χ4v) is 4.78. The summed E-state index contributed by atoms with van der Waals surface area (Å²) in [7, 11) is 0. The molecule has 2 nitrogen and oxygen atoms in total. The summed E-state index contributed by atoms with van der Waals surface area (Å²) in [4.78, 5) is 1.18. The molecule has 4 rings (SSSR count). The van der Waals surface area contributed by atoms with Crippen molar-refractivity contribution in [3.8, 4) is 0 Å². The maximum atomic E-state index is 10.7. The van der Waals surface area contributed by atoms with Crippen molar-refractivity contribution >= 4 is 65.4 Å². The number of thioether (sulfide) groups is 1. The molecule has 0 aliphatic heterocycles. The van der Waals surface area contributed by atoms with Gasteiger partial charge in [-0.05, 0) is 48.5 Å². The van der Waals surface area contributed by atoms with Gasteiger partial charge >= 0.3 is 0 Å². The van der Waals surface area contributed by atoms with E-state index in [1.54, 1.807) is 11.8 Å². The summed E-state index contributed by atoms with van der Waals surface area (Å²) in [6.07, 6.45) is -0.425. The summed E-state index contributed by atoms with van der Waals surface area (Å²) in [5.41, 5.74) is 2.29. The Kier molecular flexibility index (Phi) is 5.41. The molecule has 1 heterocycles. The van der Waals surface area contributed by atoms with Crippen LogP contribution in [0.1, 0.15) is 0 Å². The normalized spacial score (nSPS) is 12.7. The van der Waals surface area contributed by atoms with Crippen LogP contribution in [-0.4, -0.2) is 21.5 Å². The van der Waals surface area contributed by atoms with Gasteiger partial charge in [0.05, 0.1) is 6.10 Å². The minimum Gasteiger partial charge on any atom is -0.390 e. The van der Waals surface area contributed by atoms with E-state index >= 15 is 0 Å². The highest BCUT2D eigenvalue weighted by Crippen LogP contribution is 2.33. The molecule has 3 aromatic carbocycles. The number of hydrogen-bond acceptors (Lipinski definition) is 2. The van der Waals surface area contributed by atoms with E-state index < -0.39 is 6.10 Å². The fourth-order valence-electron chi connectivity index (χ4n) is 3.22. The molecular formula is C21H17Br2NOS. The van der Waals surface area contributed by atoms with Crippen LogP contribution in [0.4, 0.5) is 0 Å². The molecule has 4 aromatic rings. The van der Waals surface area contributed by atoms with Crippen LogP contribution in [0.5, 0.6) is 0 Å². The Balaban J connectivity index is 1.66. The van der Waals surface area contributed by atoms with Crippen molar-refractivity contribution in [2.75, 3.05) is 5.75 Å². The van der Waals surface area contributed by atoms with Crippen LogP contribution in [0.25, 0.3) is 21.8 Å². The summed E-state index contributed by atoms with van der Waals surface area (Å²) in [6, 6.07) is 22.8. The average Bonchev–Trinajstić information content (AvgIpc) is 2.93. The molecular weight excluding hydrogens is 474 g/mol. The van der Waals surface area contributed by atoms with Crippen molar-refractivity contribution in [2.24, 2.45) is 0 Å². The first-order valence-corrected chi connectivity index (χ1v) is 10.9. The van der Waals surface area contributed by atoms with Crippen molar-refractivity contribution < 1.29 is 5.11 Å². The van der Waals surface area contributed by atoms with Gasteiger partial charge in [0.2, 0.25) is 0 Å². The third-order valence-corrected chi connectivity index (χ3v) is 6.51. The first-order chi connectivity index (χ1) is 12.6. The number of benzene rings is 3. The first kappa shape index (κ1) is 18.1. The van der Waals surface area contributed by atoms with Crippen molar-refractivity contribution in [1.82, 2.24) is 4.57 Å². The monoisotopic (exact) mass is 489 g/mol. The summed E-state index contributed by atoms with van der Waals surface area (Å²) in [6.45, 7) is 0.573. The number of fused-ring (bicyclic) bond motifs is 3. The number of aromatic nitrogens is 1. The van der Waals surface area contributed by atoms with Crippen LogP contribution < -0.4 is 0 Å². The molecule has 0 saturated heterocycles. The van der Waals surface area contributed by atoms with E-state index in [2.05, 4.69) is 85.0 Å². The predicted molar refractivity (Wildman–Crippen MR) is 118 cm³/mol. The third-order valence-electron chi connectivity index (χ3n) is 4.37. The lowest BCUT2D eigenvalue weighted by Gasteiger charge is -2.14. The largest absolute Gasteiger partial charge is 0.390 e. The zero-order valence-electron chi connectivity index (χ0n) is 13.9. The Hall–Kier alpha value is -1.27. The summed E-state index contributed by atoms with van der Waals surface area (Å²) in [5.74, 6) is 0.665. The van der Waals surface area contributed by atoms with E-state index in [9.17, 15) is 5.11 Å². The molecule has 0 unspecified atom stereocenters. The van der Waals surface area contributed by atoms with Gasteiger partial charge in [0.25, 0.3) is 0 Å². The maximum Gasteiger partial charge on any atom is 0.0813 e. The standard InChI is InChI=1S/C21H17Br2NOS/c22-14-6-8-20-18(10-14)19-11-15(23)7-9-21(19)24(20)12-16(25)13-26-17-4-2-1-3-5-17/h1-11,16,25H,12-13H2/t16-/m1/s1. The number of rotatable bonds is 5. The van der Waals surface area contributed by atoms with Gasteiger partial charge in [-0.1, -0.05) is 50.1 Å². The smallest absolute Gasteiger partial charge is 0.0813 e. The second kappa shape index (κ2) is 7.77. The zero-order valence-corrected chi connectivity index (χ0v) is 17.9. The van der Waals surface area contributed by atoms with Crippen LogP contribution >= 0.6 is 43.6 Å². The molecule has 132 valence electrons. The molecule has 1 atom stereocenters. The molecule has 0 fully saturated rings. The predicted octanol–water partition coefficient (Wildman–Crippen LogP) is 6.47. The lowest BCUT2D eigenvalue weighted by molar-refractivity contribution is 0.181. The molecule has 0 saturated carbocycles. The average molecular weight is 491 g/mol. The van der Waals surface area contributed by atoms with Crippen LogP contribution in [0, 0.1) is 0 Å². The second-order valence-electron chi connectivity index (χ2n) is 6.21. The van der Waals surface area contributed by atoms with Crippen molar-refractivity contribution in [2.45, 2.75) is 17.5 Å². The molecule has 0 aliphatic rings. The molecule has 0 amide bonds. The number of hydrogen-bond donors (Lipinski definition) is 1. The highest BCUT2D eigenvalue weighted by molar-refractivity contribution is 9.10. The molecule has 1 aromatic heterocycles. The number of aliphatic hydroxyl groups excluding tert-OH is 1. The van der Waals surface area contributed by atoms with Gasteiger partial charge in [0, 0.05) is 47.9 Å². The van der Waals surface area contributed by atoms with E-state index in [-0.39, 0.29) is 0 Å². The molecule has 1 N–H and O–H groups in total. The minimum absolute atomic E-state index is 0.425. The van der Waals surface area contributed by atoms with Crippen LogP contribution in [-0.2, 0) is 6.54 Å². The van der Waals surface area contributed by atoms with Crippen molar-refractivity contribution in [1.29, 1.82) is 0 Å². The zero-order chi connectivity index (χ0) is 18.1. The van der Waals surface area contributed by atoms with Gasteiger partial charge < -0.3 is 9.67 Å². The summed E-state index contributed by atoms with van der Waals surface area (Å²) in [5, 5.41) is 13.0. The quantitative estimate of drug-likeness (QED) is 0.324. The van der Waals surface area contributed by atoms with E-state index in [1.807, 2.05) is 18.2 Å². The molecule has 0 bridgehead atoms. The highest BCUT2D eigenvalue weighted by atomic mass is 79.9. The third kappa shape index (κ3) is 3.72. The van der Waals surface area contributed by atoms with Crippen LogP contribution in [0.15, 0.2) is 80.6 Å². The molecule has 0 radical (unpaired) electrons. The summed E-state index contributed by atoms with van der Waals surface area (Å²) >= 11 is 8.84. The topological polar surface area (TPSA) is 25.2 Å².